The molecule has 1 atom stereocenters. The summed E-state index contributed by atoms with van der Waals surface area (Å²) in [5.41, 5.74) is 0.835. The molecule has 7 heteroatoms. The van der Waals surface area contributed by atoms with Crippen LogP contribution in [-0.4, -0.2) is 34.3 Å². The van der Waals surface area contributed by atoms with Gasteiger partial charge >= 0.3 is 0 Å². The van der Waals surface area contributed by atoms with E-state index in [1.54, 1.807) is 11.7 Å². The fourth-order valence-corrected chi connectivity index (χ4v) is 2.80. The average Bonchev–Trinajstić information content (AvgIpc) is 2.89. The summed E-state index contributed by atoms with van der Waals surface area (Å²) in [6.45, 7) is 0.722. The second-order valence-electron chi connectivity index (χ2n) is 4.91. The van der Waals surface area contributed by atoms with Crippen molar-refractivity contribution in [1.82, 2.24) is 20.1 Å². The van der Waals surface area contributed by atoms with E-state index in [0.29, 0.717) is 10.6 Å². The number of nitrogens with zero attached hydrogens (tertiary/aromatic N) is 2. The Bertz CT molecular complexity index is 722. The number of H-pyrrole nitrogens is 1. The number of benzene rings is 1. The quantitative estimate of drug-likeness (QED) is 0.850. The van der Waals surface area contributed by atoms with E-state index in [1.165, 1.54) is 0 Å². The fraction of sp³-hybridized carbons (Fsp3) is 0.357. The molecule has 1 amide bonds. The van der Waals surface area contributed by atoms with Crippen LogP contribution in [0.5, 0.6) is 5.75 Å². The summed E-state index contributed by atoms with van der Waals surface area (Å²) in [5, 5.41) is 9.93. The number of amides is 1. The lowest BCUT2D eigenvalue weighted by Crippen LogP contribution is -2.36. The molecule has 0 saturated carbocycles. The summed E-state index contributed by atoms with van der Waals surface area (Å²) in [5.74, 6) is 1.09. The van der Waals surface area contributed by atoms with Gasteiger partial charge in [-0.15, -0.1) is 0 Å². The molecule has 0 bridgehead atoms. The van der Waals surface area contributed by atoms with E-state index in [0.717, 1.165) is 30.8 Å². The zero-order valence-corrected chi connectivity index (χ0v) is 12.4. The van der Waals surface area contributed by atoms with E-state index in [2.05, 4.69) is 15.5 Å². The number of aromatic amines is 1. The van der Waals surface area contributed by atoms with Gasteiger partial charge in [0, 0.05) is 12.6 Å². The molecular weight excluding hydrogens is 288 g/mol. The van der Waals surface area contributed by atoms with E-state index in [9.17, 15) is 4.79 Å². The number of hydrogen-bond donors (Lipinski definition) is 2. The first kappa shape index (κ1) is 13.8. The first-order valence-corrected chi connectivity index (χ1v) is 7.21. The minimum Gasteiger partial charge on any atom is -0.497 e. The van der Waals surface area contributed by atoms with E-state index < -0.39 is 0 Å². The number of aromatic nitrogens is 3. The van der Waals surface area contributed by atoms with Crippen molar-refractivity contribution in [1.29, 1.82) is 0 Å². The molecule has 3 rings (SSSR count). The molecule has 110 valence electrons. The van der Waals surface area contributed by atoms with Gasteiger partial charge in [-0.3, -0.25) is 14.5 Å². The fourth-order valence-electron chi connectivity index (χ4n) is 2.56. The summed E-state index contributed by atoms with van der Waals surface area (Å²) in [6.07, 6.45) is 1.71. The van der Waals surface area contributed by atoms with Crippen molar-refractivity contribution in [2.45, 2.75) is 18.8 Å². The van der Waals surface area contributed by atoms with Crippen LogP contribution >= 0.6 is 12.2 Å². The molecule has 0 unspecified atom stereocenters. The lowest BCUT2D eigenvalue weighted by molar-refractivity contribution is -0.124. The number of methoxy groups -OCH3 is 1. The second kappa shape index (κ2) is 5.69. The highest BCUT2D eigenvalue weighted by Crippen LogP contribution is 2.26. The van der Waals surface area contributed by atoms with Crippen molar-refractivity contribution in [2.24, 2.45) is 0 Å². The van der Waals surface area contributed by atoms with Crippen molar-refractivity contribution < 1.29 is 9.53 Å². The molecule has 1 aliphatic heterocycles. The molecular formula is C14H16N4O2S. The Labute approximate surface area is 127 Å². The highest BCUT2D eigenvalue weighted by molar-refractivity contribution is 7.71. The summed E-state index contributed by atoms with van der Waals surface area (Å²) in [4.78, 5) is 12.1. The number of carbonyl (C=O) groups is 1. The Morgan fingerprint density at radius 1 is 1.48 bits per heavy atom. The van der Waals surface area contributed by atoms with Crippen molar-refractivity contribution >= 4 is 18.1 Å². The molecule has 1 saturated heterocycles. The van der Waals surface area contributed by atoms with Gasteiger partial charge in [-0.1, -0.05) is 6.07 Å². The van der Waals surface area contributed by atoms with Gasteiger partial charge < -0.3 is 10.1 Å². The maximum absolute atomic E-state index is 12.1. The first-order valence-electron chi connectivity index (χ1n) is 6.80. The third kappa shape index (κ3) is 2.56. The molecule has 1 aromatic heterocycles. The van der Waals surface area contributed by atoms with Gasteiger partial charge in [0.05, 0.1) is 18.7 Å². The van der Waals surface area contributed by atoms with E-state index in [4.69, 9.17) is 17.0 Å². The highest BCUT2D eigenvalue weighted by Gasteiger charge is 2.29. The Balaban J connectivity index is 2.08. The Kier molecular flexibility index (Phi) is 3.74. The molecule has 2 heterocycles. The largest absolute Gasteiger partial charge is 0.497 e. The molecule has 21 heavy (non-hydrogen) atoms. The van der Waals surface area contributed by atoms with E-state index >= 15 is 0 Å². The molecule has 2 aromatic rings. The standard InChI is InChI=1S/C14H16N4O2S/c1-20-10-5-2-4-9(8-10)18-12(16-17-14(18)21)11-6-3-7-15-13(11)19/h2,4-5,8,11H,3,6-7H2,1H3,(H,15,19)(H,17,21)/t11-/m0/s1. The number of hydrogen-bond acceptors (Lipinski definition) is 4. The van der Waals surface area contributed by atoms with E-state index in [-0.39, 0.29) is 11.8 Å². The van der Waals surface area contributed by atoms with Crippen LogP contribution in [-0.2, 0) is 4.79 Å². The zero-order chi connectivity index (χ0) is 14.8. The van der Waals surface area contributed by atoms with Crippen LogP contribution in [0.25, 0.3) is 5.69 Å². The first-order chi connectivity index (χ1) is 10.2. The van der Waals surface area contributed by atoms with Crippen LogP contribution in [0.1, 0.15) is 24.6 Å². The highest BCUT2D eigenvalue weighted by atomic mass is 32.1. The third-order valence-electron chi connectivity index (χ3n) is 3.61. The van der Waals surface area contributed by atoms with Gasteiger partial charge in [0.15, 0.2) is 4.77 Å². The number of nitrogens with one attached hydrogen (secondary N) is 2. The predicted molar refractivity (Wildman–Crippen MR) is 80.3 cm³/mol. The number of rotatable bonds is 3. The monoisotopic (exact) mass is 304 g/mol. The van der Waals surface area contributed by atoms with Gasteiger partial charge in [0.25, 0.3) is 0 Å². The smallest absolute Gasteiger partial charge is 0.230 e. The van der Waals surface area contributed by atoms with Gasteiger partial charge in [-0.2, -0.15) is 5.10 Å². The van der Waals surface area contributed by atoms with Crippen LogP contribution in [0, 0.1) is 4.77 Å². The maximum Gasteiger partial charge on any atom is 0.230 e. The number of piperidine rings is 1. The maximum atomic E-state index is 12.1. The van der Waals surface area contributed by atoms with Crippen LogP contribution in [0.2, 0.25) is 0 Å². The third-order valence-corrected chi connectivity index (χ3v) is 3.88. The van der Waals surface area contributed by atoms with Crippen LogP contribution in [0.3, 0.4) is 0 Å². The Morgan fingerprint density at radius 2 is 2.33 bits per heavy atom. The van der Waals surface area contributed by atoms with Crippen molar-refractivity contribution in [3.05, 3.63) is 34.9 Å². The van der Waals surface area contributed by atoms with Crippen molar-refractivity contribution in [2.75, 3.05) is 13.7 Å². The minimum atomic E-state index is -0.280. The molecule has 2 N–H and O–H groups in total. The molecule has 1 fully saturated rings. The normalized spacial score (nSPS) is 18.3. The van der Waals surface area contributed by atoms with Gasteiger partial charge in [-0.05, 0) is 37.2 Å². The molecule has 0 radical (unpaired) electrons. The van der Waals surface area contributed by atoms with Gasteiger partial charge in [0.2, 0.25) is 5.91 Å². The van der Waals surface area contributed by atoms with Gasteiger partial charge in [-0.25, -0.2) is 0 Å². The predicted octanol–water partition coefficient (Wildman–Crippen LogP) is 1.93. The zero-order valence-electron chi connectivity index (χ0n) is 11.6. The number of carbonyl (C=O) groups excluding carboxylic acids is 1. The SMILES string of the molecule is COc1cccc(-n2c([C@@H]3CCCNC3=O)n[nH]c2=S)c1. The average molecular weight is 304 g/mol. The number of ether oxygens (including phenoxy) is 1. The summed E-state index contributed by atoms with van der Waals surface area (Å²) < 4.78 is 7.51. The lowest BCUT2D eigenvalue weighted by atomic mass is 9.97. The lowest BCUT2D eigenvalue weighted by Gasteiger charge is -2.21. The Hall–Kier alpha value is -2.15. The molecule has 1 aromatic carbocycles. The molecule has 6 nitrogen and oxygen atoms in total. The van der Waals surface area contributed by atoms with E-state index in [1.807, 2.05) is 24.3 Å². The Morgan fingerprint density at radius 3 is 3.10 bits per heavy atom. The van der Waals surface area contributed by atoms with Crippen molar-refractivity contribution in [3.8, 4) is 11.4 Å². The summed E-state index contributed by atoms with van der Waals surface area (Å²) in [6, 6.07) is 7.53. The molecule has 0 aliphatic carbocycles. The van der Waals surface area contributed by atoms with Crippen LogP contribution < -0.4 is 10.1 Å². The second-order valence-corrected chi connectivity index (χ2v) is 5.30. The van der Waals surface area contributed by atoms with Crippen LogP contribution in [0.4, 0.5) is 0 Å². The van der Waals surface area contributed by atoms with Crippen molar-refractivity contribution in [3.63, 3.8) is 0 Å². The summed E-state index contributed by atoms with van der Waals surface area (Å²) in [7, 11) is 1.61. The minimum absolute atomic E-state index is 0.000559. The topological polar surface area (TPSA) is 71.9 Å². The molecule has 1 aliphatic rings. The molecule has 0 spiro atoms. The van der Waals surface area contributed by atoms with Gasteiger partial charge in [0.1, 0.15) is 11.6 Å². The van der Waals surface area contributed by atoms with Crippen LogP contribution in [0.15, 0.2) is 24.3 Å². The summed E-state index contributed by atoms with van der Waals surface area (Å²) >= 11 is 5.31.